The lowest BCUT2D eigenvalue weighted by molar-refractivity contribution is 0.103. The van der Waals surface area contributed by atoms with Crippen molar-refractivity contribution in [1.82, 2.24) is 14.0 Å². The topological polar surface area (TPSA) is 73.5 Å². The van der Waals surface area contributed by atoms with Crippen LogP contribution in [-0.4, -0.2) is 33.3 Å². The van der Waals surface area contributed by atoms with Crippen molar-refractivity contribution < 1.29 is 9.53 Å². The van der Waals surface area contributed by atoms with Crippen molar-refractivity contribution in [3.05, 3.63) is 96.5 Å². The molecule has 0 N–H and O–H groups in total. The van der Waals surface area contributed by atoms with Gasteiger partial charge >= 0.3 is 11.8 Å². The SMILES string of the molecule is CCOC(=O)N1CCc2c(sc3c2c(=O)n(-c2ccc(CC)cc2)c(=O)n3Cc2ccc(C)cc2)C1. The number of thiophene rings is 1. The standard InChI is InChI=1S/C28H29N3O4S/c1-4-19-10-12-21(13-11-19)31-25(32)24-22-14-15-29(28(34)35-5-2)17-23(22)36-26(24)30(27(31)33)16-20-8-6-18(3)7-9-20/h6-13H,4-5,14-17H2,1-3H3. The highest BCUT2D eigenvalue weighted by Crippen LogP contribution is 2.33. The zero-order valence-electron chi connectivity index (χ0n) is 20.7. The zero-order valence-corrected chi connectivity index (χ0v) is 21.6. The number of aryl methyl sites for hydroxylation is 2. The van der Waals surface area contributed by atoms with Gasteiger partial charge in [-0.25, -0.2) is 14.2 Å². The Bertz CT molecular complexity index is 1550. The van der Waals surface area contributed by atoms with Gasteiger partial charge in [0.25, 0.3) is 5.56 Å². The van der Waals surface area contributed by atoms with Gasteiger partial charge < -0.3 is 9.64 Å². The first-order valence-corrected chi connectivity index (χ1v) is 13.1. The predicted molar refractivity (Wildman–Crippen MR) is 142 cm³/mol. The molecule has 5 rings (SSSR count). The molecule has 1 aliphatic rings. The van der Waals surface area contributed by atoms with Gasteiger partial charge in [0, 0.05) is 11.4 Å². The Morgan fingerprint density at radius 1 is 1.00 bits per heavy atom. The van der Waals surface area contributed by atoms with Crippen LogP contribution in [0.4, 0.5) is 4.79 Å². The van der Waals surface area contributed by atoms with E-state index >= 15 is 0 Å². The third-order valence-electron chi connectivity index (χ3n) is 6.71. The average molecular weight is 504 g/mol. The van der Waals surface area contributed by atoms with Gasteiger partial charge in [0.15, 0.2) is 0 Å². The highest BCUT2D eigenvalue weighted by atomic mass is 32.1. The van der Waals surface area contributed by atoms with Gasteiger partial charge in [-0.3, -0.25) is 9.36 Å². The van der Waals surface area contributed by atoms with Crippen molar-refractivity contribution in [2.75, 3.05) is 13.2 Å². The lowest BCUT2D eigenvalue weighted by atomic mass is 10.1. The summed E-state index contributed by atoms with van der Waals surface area (Å²) in [6, 6.07) is 15.6. The molecule has 8 heteroatoms. The van der Waals surface area contributed by atoms with Gasteiger partial charge in [0.2, 0.25) is 0 Å². The van der Waals surface area contributed by atoms with Crippen LogP contribution in [0.15, 0.2) is 58.1 Å². The Morgan fingerprint density at radius 3 is 2.36 bits per heavy atom. The molecule has 3 heterocycles. The molecule has 1 amide bonds. The smallest absolute Gasteiger partial charge is 0.410 e. The van der Waals surface area contributed by atoms with Crippen LogP contribution in [0.3, 0.4) is 0 Å². The summed E-state index contributed by atoms with van der Waals surface area (Å²) in [5.41, 5.74) is 4.08. The molecule has 0 atom stereocenters. The average Bonchev–Trinajstić information content (AvgIpc) is 3.27. The zero-order chi connectivity index (χ0) is 25.4. The van der Waals surface area contributed by atoms with E-state index in [-0.39, 0.29) is 17.3 Å². The van der Waals surface area contributed by atoms with Crippen LogP contribution in [0, 0.1) is 6.92 Å². The number of carbonyl (C=O) groups is 1. The number of ether oxygens (including phenoxy) is 1. The number of hydrogen-bond donors (Lipinski definition) is 0. The fraction of sp³-hybridized carbons (Fsp3) is 0.321. The van der Waals surface area contributed by atoms with Gasteiger partial charge in [-0.15, -0.1) is 11.3 Å². The fourth-order valence-electron chi connectivity index (χ4n) is 4.70. The number of nitrogens with zero attached hydrogens (tertiary/aromatic N) is 3. The van der Waals surface area contributed by atoms with E-state index in [0.29, 0.717) is 48.6 Å². The quantitative estimate of drug-likeness (QED) is 0.398. The lowest BCUT2D eigenvalue weighted by Gasteiger charge is -2.25. The molecule has 0 spiro atoms. The molecule has 36 heavy (non-hydrogen) atoms. The highest BCUT2D eigenvalue weighted by molar-refractivity contribution is 7.18. The summed E-state index contributed by atoms with van der Waals surface area (Å²) in [4.78, 5) is 43.3. The van der Waals surface area contributed by atoms with Crippen molar-refractivity contribution in [2.45, 2.75) is 46.7 Å². The normalized spacial score (nSPS) is 13.1. The van der Waals surface area contributed by atoms with Crippen LogP contribution in [0.25, 0.3) is 15.9 Å². The molecule has 4 aromatic rings. The number of rotatable bonds is 5. The maximum absolute atomic E-state index is 13.9. The first-order chi connectivity index (χ1) is 17.4. The number of hydrogen-bond acceptors (Lipinski definition) is 5. The van der Waals surface area contributed by atoms with Crippen LogP contribution in [0.2, 0.25) is 0 Å². The van der Waals surface area contributed by atoms with Crippen molar-refractivity contribution in [1.29, 1.82) is 0 Å². The van der Waals surface area contributed by atoms with E-state index in [4.69, 9.17) is 4.74 Å². The minimum absolute atomic E-state index is 0.304. The molecule has 0 radical (unpaired) electrons. The van der Waals surface area contributed by atoms with E-state index in [1.807, 2.05) is 55.5 Å². The van der Waals surface area contributed by atoms with Gasteiger partial charge in [0.05, 0.1) is 30.8 Å². The Morgan fingerprint density at radius 2 is 1.69 bits per heavy atom. The summed E-state index contributed by atoms with van der Waals surface area (Å²) in [6.45, 7) is 7.38. The fourth-order valence-corrected chi connectivity index (χ4v) is 6.05. The number of carbonyl (C=O) groups excluding carboxylic acids is 1. The first-order valence-electron chi connectivity index (χ1n) is 12.3. The Hall–Kier alpha value is -3.65. The van der Waals surface area contributed by atoms with E-state index in [9.17, 15) is 14.4 Å². The summed E-state index contributed by atoms with van der Waals surface area (Å²) in [5, 5.41) is 0.574. The van der Waals surface area contributed by atoms with Crippen molar-refractivity contribution in [2.24, 2.45) is 0 Å². The number of fused-ring (bicyclic) bond motifs is 3. The maximum Gasteiger partial charge on any atom is 0.410 e. The van der Waals surface area contributed by atoms with Crippen LogP contribution in [0.5, 0.6) is 0 Å². The third kappa shape index (κ3) is 4.26. The molecule has 0 saturated heterocycles. The van der Waals surface area contributed by atoms with E-state index in [0.717, 1.165) is 33.6 Å². The summed E-state index contributed by atoms with van der Waals surface area (Å²) >= 11 is 1.43. The van der Waals surface area contributed by atoms with Crippen LogP contribution < -0.4 is 11.2 Å². The molecule has 2 aromatic heterocycles. The number of amides is 1. The lowest BCUT2D eigenvalue weighted by Crippen LogP contribution is -2.39. The summed E-state index contributed by atoms with van der Waals surface area (Å²) in [5.74, 6) is 0. The maximum atomic E-state index is 13.9. The second kappa shape index (κ2) is 9.78. The number of aromatic nitrogens is 2. The molecular formula is C28H29N3O4S. The van der Waals surface area contributed by atoms with Crippen molar-refractivity contribution in [3.63, 3.8) is 0 Å². The molecule has 0 bridgehead atoms. The Labute approximate surface area is 213 Å². The minimum Gasteiger partial charge on any atom is -0.450 e. The highest BCUT2D eigenvalue weighted by Gasteiger charge is 2.29. The Kier molecular flexibility index (Phi) is 6.53. The summed E-state index contributed by atoms with van der Waals surface area (Å²) < 4.78 is 8.19. The molecular weight excluding hydrogens is 474 g/mol. The van der Waals surface area contributed by atoms with Crippen molar-refractivity contribution >= 4 is 27.6 Å². The summed E-state index contributed by atoms with van der Waals surface area (Å²) in [6.07, 6.45) is 1.06. The molecule has 2 aromatic carbocycles. The molecule has 0 unspecified atom stereocenters. The van der Waals surface area contributed by atoms with Crippen LogP contribution in [-0.2, 0) is 30.7 Å². The van der Waals surface area contributed by atoms with E-state index in [1.165, 1.54) is 15.9 Å². The summed E-state index contributed by atoms with van der Waals surface area (Å²) in [7, 11) is 0. The second-order valence-corrected chi connectivity index (χ2v) is 10.2. The van der Waals surface area contributed by atoms with Crippen molar-refractivity contribution in [3.8, 4) is 5.69 Å². The van der Waals surface area contributed by atoms with Crippen LogP contribution in [0.1, 0.15) is 41.0 Å². The number of benzene rings is 2. The third-order valence-corrected chi connectivity index (χ3v) is 7.95. The molecule has 0 aliphatic carbocycles. The first kappa shape index (κ1) is 24.1. The van der Waals surface area contributed by atoms with E-state index in [2.05, 4.69) is 6.92 Å². The van der Waals surface area contributed by atoms with Gasteiger partial charge in [-0.05, 0) is 55.5 Å². The minimum atomic E-state index is -0.363. The van der Waals surface area contributed by atoms with Gasteiger partial charge in [0.1, 0.15) is 4.83 Å². The molecule has 0 saturated carbocycles. The Balaban J connectivity index is 1.71. The predicted octanol–water partition coefficient (Wildman–Crippen LogP) is 4.65. The molecule has 186 valence electrons. The second-order valence-electron chi connectivity index (χ2n) is 9.07. The molecule has 0 fully saturated rings. The van der Waals surface area contributed by atoms with E-state index < -0.39 is 0 Å². The monoisotopic (exact) mass is 503 g/mol. The van der Waals surface area contributed by atoms with E-state index in [1.54, 1.807) is 16.4 Å². The van der Waals surface area contributed by atoms with Gasteiger partial charge in [-0.2, -0.15) is 0 Å². The van der Waals surface area contributed by atoms with Crippen LogP contribution >= 0.6 is 11.3 Å². The largest absolute Gasteiger partial charge is 0.450 e. The molecule has 7 nitrogen and oxygen atoms in total. The van der Waals surface area contributed by atoms with Gasteiger partial charge in [-0.1, -0.05) is 48.9 Å². The molecule has 1 aliphatic heterocycles.